The maximum absolute atomic E-state index is 14.8. The molecule has 0 unspecified atom stereocenters. The van der Waals surface area contributed by atoms with Gasteiger partial charge in [-0.25, -0.2) is 8.42 Å². The summed E-state index contributed by atoms with van der Waals surface area (Å²) in [4.78, 5) is 30.5. The number of anilines is 1. The number of hydrogen-bond donors (Lipinski definition) is 1. The molecule has 9 nitrogen and oxygen atoms in total. The quantitative estimate of drug-likeness (QED) is 0.161. The van der Waals surface area contributed by atoms with Crippen molar-refractivity contribution in [3.8, 4) is 11.5 Å². The molecule has 4 aromatic rings. The van der Waals surface area contributed by atoms with E-state index in [0.29, 0.717) is 11.4 Å². The first-order valence-corrected chi connectivity index (χ1v) is 18.4. The number of methoxy groups -OCH3 is 2. The SMILES string of the molecule is COc1ccc(S(=O)(=O)N(CC(=O)N(Cc2ccc(C)cc2)[C@H](Cc2ccccc2)C(=O)NC2CCCC2)c2cc(C)cc(C)c2)cc1OC. The monoisotopic (exact) mass is 697 g/mol. The normalized spacial score (nSPS) is 13.8. The van der Waals surface area contributed by atoms with Crippen LogP contribution in [-0.4, -0.2) is 58.0 Å². The minimum Gasteiger partial charge on any atom is -0.493 e. The Labute approximate surface area is 296 Å². The van der Waals surface area contributed by atoms with Gasteiger partial charge in [-0.2, -0.15) is 0 Å². The predicted molar refractivity (Wildman–Crippen MR) is 196 cm³/mol. The minimum absolute atomic E-state index is 0.0364. The summed E-state index contributed by atoms with van der Waals surface area (Å²) in [6.07, 6.45) is 4.13. The summed E-state index contributed by atoms with van der Waals surface area (Å²) < 4.78 is 41.1. The molecule has 0 aliphatic heterocycles. The zero-order valence-electron chi connectivity index (χ0n) is 29.5. The van der Waals surface area contributed by atoms with Crippen LogP contribution in [0.15, 0.2) is 95.9 Å². The standard InChI is InChI=1S/C40H47N3O6S/c1-28-15-17-32(18-16-28)26-42(36(24-31-11-7-6-8-12-31)40(45)41-33-13-9-10-14-33)39(44)27-43(34-22-29(2)21-30(3)23-34)50(46,47)35-19-20-37(48-4)38(25-35)49-5/h6-8,11-12,15-23,25,33,36H,9-10,13-14,24,26-27H2,1-5H3,(H,41,45)/t36-/m1/s1. The summed E-state index contributed by atoms with van der Waals surface area (Å²) in [5, 5.41) is 3.22. The van der Waals surface area contributed by atoms with Crippen LogP contribution in [0.4, 0.5) is 5.69 Å². The molecular weight excluding hydrogens is 651 g/mol. The Hall–Kier alpha value is -4.83. The molecule has 5 rings (SSSR count). The number of benzene rings is 4. The molecule has 0 saturated heterocycles. The van der Waals surface area contributed by atoms with Crippen LogP contribution in [0.1, 0.15) is 53.5 Å². The van der Waals surface area contributed by atoms with E-state index in [1.807, 2.05) is 81.4 Å². The topological polar surface area (TPSA) is 105 Å². The van der Waals surface area contributed by atoms with Crippen LogP contribution in [0.2, 0.25) is 0 Å². The van der Waals surface area contributed by atoms with Crippen LogP contribution in [0, 0.1) is 20.8 Å². The Kier molecular flexibility index (Phi) is 11.8. The van der Waals surface area contributed by atoms with Crippen LogP contribution in [0.5, 0.6) is 11.5 Å². The Bertz CT molecular complexity index is 1870. The smallest absolute Gasteiger partial charge is 0.264 e. The number of sulfonamides is 1. The van der Waals surface area contributed by atoms with Gasteiger partial charge in [0.25, 0.3) is 10.0 Å². The van der Waals surface area contributed by atoms with Crippen molar-refractivity contribution < 1.29 is 27.5 Å². The lowest BCUT2D eigenvalue weighted by Gasteiger charge is -2.34. The van der Waals surface area contributed by atoms with Crippen molar-refractivity contribution in [2.45, 2.75) is 76.4 Å². The fraction of sp³-hybridized carbons (Fsp3) is 0.350. The average molecular weight is 698 g/mol. The molecule has 0 radical (unpaired) electrons. The molecule has 2 amide bonds. The Morgan fingerprint density at radius 2 is 1.42 bits per heavy atom. The fourth-order valence-corrected chi connectivity index (χ4v) is 7.95. The summed E-state index contributed by atoms with van der Waals surface area (Å²) in [6.45, 7) is 5.33. The molecule has 0 aromatic heterocycles. The zero-order chi connectivity index (χ0) is 35.8. The Balaban J connectivity index is 1.60. The van der Waals surface area contributed by atoms with Gasteiger partial charge in [0, 0.05) is 25.1 Å². The molecule has 1 aliphatic carbocycles. The average Bonchev–Trinajstić information content (AvgIpc) is 3.62. The zero-order valence-corrected chi connectivity index (χ0v) is 30.3. The van der Waals surface area contributed by atoms with Crippen molar-refractivity contribution in [1.82, 2.24) is 10.2 Å². The summed E-state index contributed by atoms with van der Waals surface area (Å²) in [5.74, 6) is -0.132. The second-order valence-corrected chi connectivity index (χ2v) is 14.9. The first-order valence-electron chi connectivity index (χ1n) is 17.0. The molecule has 1 aliphatic rings. The van der Waals surface area contributed by atoms with Crippen LogP contribution in [0.3, 0.4) is 0 Å². The number of ether oxygens (including phenoxy) is 2. The van der Waals surface area contributed by atoms with Crippen molar-refractivity contribution in [2.24, 2.45) is 0 Å². The Morgan fingerprint density at radius 1 is 0.780 bits per heavy atom. The highest BCUT2D eigenvalue weighted by Crippen LogP contribution is 2.33. The van der Waals surface area contributed by atoms with Gasteiger partial charge in [0.1, 0.15) is 12.6 Å². The highest BCUT2D eigenvalue weighted by molar-refractivity contribution is 7.92. The van der Waals surface area contributed by atoms with E-state index < -0.39 is 28.5 Å². The van der Waals surface area contributed by atoms with Gasteiger partial charge in [-0.1, -0.05) is 79.1 Å². The number of aryl methyl sites for hydroxylation is 3. The molecule has 1 N–H and O–H groups in total. The third-order valence-electron chi connectivity index (χ3n) is 9.16. The molecule has 0 spiro atoms. The summed E-state index contributed by atoms with van der Waals surface area (Å²) in [7, 11) is -1.41. The van der Waals surface area contributed by atoms with E-state index in [-0.39, 0.29) is 35.6 Å². The van der Waals surface area contributed by atoms with Crippen LogP contribution < -0.4 is 19.1 Å². The minimum atomic E-state index is -4.33. The van der Waals surface area contributed by atoms with Gasteiger partial charge in [-0.15, -0.1) is 0 Å². The third-order valence-corrected chi connectivity index (χ3v) is 10.9. The molecule has 10 heteroatoms. The molecule has 1 fully saturated rings. The molecular formula is C40H47N3O6S. The van der Waals surface area contributed by atoms with E-state index in [1.54, 1.807) is 17.0 Å². The van der Waals surface area contributed by atoms with Gasteiger partial charge in [-0.3, -0.25) is 13.9 Å². The first-order chi connectivity index (χ1) is 24.0. The Morgan fingerprint density at radius 3 is 2.04 bits per heavy atom. The van der Waals surface area contributed by atoms with Crippen molar-refractivity contribution in [2.75, 3.05) is 25.1 Å². The van der Waals surface area contributed by atoms with Gasteiger partial charge in [-0.05, 0) is 80.1 Å². The molecule has 4 aromatic carbocycles. The van der Waals surface area contributed by atoms with Gasteiger partial charge in [0.05, 0.1) is 24.8 Å². The van der Waals surface area contributed by atoms with E-state index in [2.05, 4.69) is 5.32 Å². The molecule has 0 bridgehead atoms. The van der Waals surface area contributed by atoms with E-state index in [4.69, 9.17) is 9.47 Å². The van der Waals surface area contributed by atoms with Crippen molar-refractivity contribution >= 4 is 27.5 Å². The predicted octanol–water partition coefficient (Wildman–Crippen LogP) is 6.52. The number of carbonyl (C=O) groups excluding carboxylic acids is 2. The van der Waals surface area contributed by atoms with Crippen molar-refractivity contribution in [3.05, 3.63) is 119 Å². The summed E-state index contributed by atoms with van der Waals surface area (Å²) >= 11 is 0. The number of rotatable bonds is 14. The summed E-state index contributed by atoms with van der Waals surface area (Å²) in [6, 6.07) is 26.3. The van der Waals surface area contributed by atoms with Crippen molar-refractivity contribution in [3.63, 3.8) is 0 Å². The molecule has 0 heterocycles. The van der Waals surface area contributed by atoms with E-state index in [0.717, 1.165) is 57.8 Å². The number of hydrogen-bond acceptors (Lipinski definition) is 6. The number of carbonyl (C=O) groups is 2. The number of nitrogens with zero attached hydrogens (tertiary/aromatic N) is 2. The highest BCUT2D eigenvalue weighted by atomic mass is 32.2. The lowest BCUT2D eigenvalue weighted by molar-refractivity contribution is -0.140. The second kappa shape index (κ2) is 16.3. The van der Waals surface area contributed by atoms with Crippen LogP contribution in [0.25, 0.3) is 0 Å². The number of nitrogens with one attached hydrogen (secondary N) is 1. The largest absolute Gasteiger partial charge is 0.493 e. The summed E-state index contributed by atoms with van der Waals surface area (Å²) in [5.41, 5.74) is 4.81. The van der Waals surface area contributed by atoms with Gasteiger partial charge >= 0.3 is 0 Å². The maximum atomic E-state index is 14.8. The van der Waals surface area contributed by atoms with Gasteiger partial charge in [0.15, 0.2) is 11.5 Å². The molecule has 1 saturated carbocycles. The van der Waals surface area contributed by atoms with E-state index in [1.165, 1.54) is 32.4 Å². The molecule has 1 atom stereocenters. The van der Waals surface area contributed by atoms with E-state index in [9.17, 15) is 18.0 Å². The lowest BCUT2D eigenvalue weighted by Crippen LogP contribution is -2.54. The lowest BCUT2D eigenvalue weighted by atomic mass is 10.0. The second-order valence-electron chi connectivity index (χ2n) is 13.1. The highest BCUT2D eigenvalue weighted by Gasteiger charge is 2.36. The van der Waals surface area contributed by atoms with Gasteiger partial charge in [0.2, 0.25) is 11.8 Å². The first kappa shape index (κ1) is 36.5. The van der Waals surface area contributed by atoms with Crippen LogP contribution >= 0.6 is 0 Å². The molecule has 264 valence electrons. The third kappa shape index (κ3) is 8.84. The van der Waals surface area contributed by atoms with E-state index >= 15 is 0 Å². The fourth-order valence-electron chi connectivity index (χ4n) is 6.54. The molecule has 50 heavy (non-hydrogen) atoms. The van der Waals surface area contributed by atoms with Crippen LogP contribution in [-0.2, 0) is 32.6 Å². The number of amides is 2. The van der Waals surface area contributed by atoms with Crippen molar-refractivity contribution in [1.29, 1.82) is 0 Å². The maximum Gasteiger partial charge on any atom is 0.264 e. The van der Waals surface area contributed by atoms with Gasteiger partial charge < -0.3 is 19.7 Å².